The van der Waals surface area contributed by atoms with E-state index in [2.05, 4.69) is 0 Å². The average Bonchev–Trinajstić information content (AvgIpc) is 2.86. The average molecular weight is 324 g/mol. The number of hydrogen-bond acceptors (Lipinski definition) is 4. The van der Waals surface area contributed by atoms with Crippen LogP contribution in [0.25, 0.3) is 0 Å². The third-order valence-corrected chi connectivity index (χ3v) is 5.38. The van der Waals surface area contributed by atoms with Crippen LogP contribution >= 0.6 is 11.6 Å². The molecule has 0 bridgehead atoms. The van der Waals surface area contributed by atoms with Gasteiger partial charge in [-0.05, 0) is 29.8 Å². The van der Waals surface area contributed by atoms with Crippen LogP contribution in [-0.2, 0) is 22.0 Å². The Kier molecular flexibility index (Phi) is 3.55. The molecule has 0 aromatic heterocycles. The van der Waals surface area contributed by atoms with E-state index in [0.29, 0.717) is 22.9 Å². The van der Waals surface area contributed by atoms with Crippen molar-refractivity contribution < 1.29 is 13.2 Å². The van der Waals surface area contributed by atoms with Gasteiger partial charge in [0.2, 0.25) is 0 Å². The van der Waals surface area contributed by atoms with Gasteiger partial charge in [0.15, 0.2) is 9.84 Å². The molecule has 4 nitrogen and oxygen atoms in total. The molecule has 2 N–H and O–H groups in total. The lowest BCUT2D eigenvalue weighted by atomic mass is 10.1. The van der Waals surface area contributed by atoms with E-state index in [1.807, 2.05) is 6.07 Å². The Labute approximate surface area is 128 Å². The molecule has 2 aromatic carbocycles. The second kappa shape index (κ2) is 5.24. The minimum atomic E-state index is -3.55. The predicted molar refractivity (Wildman–Crippen MR) is 82.4 cm³/mol. The maximum absolute atomic E-state index is 12.6. The number of ether oxygens (including phenoxy) is 1. The van der Waals surface area contributed by atoms with E-state index in [0.717, 1.165) is 12.0 Å². The quantitative estimate of drug-likeness (QED) is 0.882. The molecule has 110 valence electrons. The summed E-state index contributed by atoms with van der Waals surface area (Å²) in [6.45, 7) is 0.552. The van der Waals surface area contributed by atoms with Crippen molar-refractivity contribution in [1.82, 2.24) is 0 Å². The van der Waals surface area contributed by atoms with Crippen molar-refractivity contribution in [1.29, 1.82) is 0 Å². The first-order valence-corrected chi connectivity index (χ1v) is 8.52. The largest absolute Gasteiger partial charge is 0.493 e. The van der Waals surface area contributed by atoms with Gasteiger partial charge in [-0.3, -0.25) is 0 Å². The molecule has 6 heteroatoms. The van der Waals surface area contributed by atoms with Crippen molar-refractivity contribution in [2.24, 2.45) is 0 Å². The number of benzene rings is 2. The summed E-state index contributed by atoms with van der Waals surface area (Å²) in [4.78, 5) is 0.136. The summed E-state index contributed by atoms with van der Waals surface area (Å²) < 4.78 is 30.7. The Morgan fingerprint density at radius 2 is 2.00 bits per heavy atom. The van der Waals surface area contributed by atoms with Crippen molar-refractivity contribution in [2.75, 3.05) is 12.3 Å². The molecular formula is C15H14ClNO3S. The topological polar surface area (TPSA) is 69.4 Å². The zero-order valence-corrected chi connectivity index (χ0v) is 12.7. The minimum Gasteiger partial charge on any atom is -0.493 e. The summed E-state index contributed by atoms with van der Waals surface area (Å²) in [6.07, 6.45) is 0.746. The van der Waals surface area contributed by atoms with Crippen LogP contribution in [-0.4, -0.2) is 15.0 Å². The lowest BCUT2D eigenvalue weighted by Gasteiger charge is -2.11. The van der Waals surface area contributed by atoms with E-state index >= 15 is 0 Å². The second-order valence-electron chi connectivity index (χ2n) is 4.95. The molecule has 1 aliphatic rings. The summed E-state index contributed by atoms with van der Waals surface area (Å²) in [7, 11) is -3.55. The highest BCUT2D eigenvalue weighted by molar-refractivity contribution is 7.90. The van der Waals surface area contributed by atoms with Gasteiger partial charge >= 0.3 is 0 Å². The standard InChI is InChI=1S/C15H14ClNO3S/c16-12-7-10-5-6-20-15(10)11(8-12)9-21(18,19)14-4-2-1-3-13(14)17/h1-4,7-8H,5-6,9,17H2. The molecule has 1 aliphatic heterocycles. The zero-order chi connectivity index (χ0) is 15.0. The number of hydrogen-bond donors (Lipinski definition) is 1. The van der Waals surface area contributed by atoms with Gasteiger partial charge in [-0.15, -0.1) is 0 Å². The summed E-state index contributed by atoms with van der Waals surface area (Å²) in [5.74, 6) is 0.460. The number of sulfone groups is 1. The molecule has 0 saturated heterocycles. The van der Waals surface area contributed by atoms with Gasteiger partial charge in [0.05, 0.1) is 22.9 Å². The molecule has 0 saturated carbocycles. The van der Waals surface area contributed by atoms with Crippen LogP contribution in [0, 0.1) is 0 Å². The molecule has 3 rings (SSSR count). The maximum atomic E-state index is 12.6. The summed E-state index contributed by atoms with van der Waals surface area (Å²) in [5, 5.41) is 0.519. The Balaban J connectivity index is 2.03. The molecule has 0 radical (unpaired) electrons. The number of nitrogens with two attached hydrogens (primary N) is 1. The van der Waals surface area contributed by atoms with Crippen molar-refractivity contribution in [3.05, 3.63) is 52.5 Å². The molecule has 0 aliphatic carbocycles. The van der Waals surface area contributed by atoms with Gasteiger partial charge in [0.25, 0.3) is 0 Å². The molecule has 0 unspecified atom stereocenters. The Morgan fingerprint density at radius 1 is 1.24 bits per heavy atom. The highest BCUT2D eigenvalue weighted by atomic mass is 35.5. The van der Waals surface area contributed by atoms with E-state index in [1.54, 1.807) is 24.3 Å². The molecule has 1 heterocycles. The predicted octanol–water partition coefficient (Wildman–Crippen LogP) is 2.83. The Bertz CT molecular complexity index is 803. The number of para-hydroxylation sites is 1. The lowest BCUT2D eigenvalue weighted by Crippen LogP contribution is -2.08. The summed E-state index contributed by atoms with van der Waals surface area (Å²) >= 11 is 6.06. The SMILES string of the molecule is Nc1ccccc1S(=O)(=O)Cc1cc(Cl)cc2c1OCC2. The fraction of sp³-hybridized carbons (Fsp3) is 0.200. The molecule has 21 heavy (non-hydrogen) atoms. The number of nitrogen functional groups attached to an aromatic ring is 1. The highest BCUT2D eigenvalue weighted by Gasteiger charge is 2.24. The molecule has 0 fully saturated rings. The van der Waals surface area contributed by atoms with Crippen LogP contribution in [0.15, 0.2) is 41.3 Å². The van der Waals surface area contributed by atoms with Crippen molar-refractivity contribution in [3.63, 3.8) is 0 Å². The van der Waals surface area contributed by atoms with Gasteiger partial charge in [-0.25, -0.2) is 8.42 Å². The van der Waals surface area contributed by atoms with Gasteiger partial charge in [0, 0.05) is 17.0 Å². The van der Waals surface area contributed by atoms with Crippen molar-refractivity contribution in [2.45, 2.75) is 17.1 Å². The number of rotatable bonds is 3. The Morgan fingerprint density at radius 3 is 2.76 bits per heavy atom. The summed E-state index contributed by atoms with van der Waals surface area (Å²) in [5.41, 5.74) is 7.55. The highest BCUT2D eigenvalue weighted by Crippen LogP contribution is 2.35. The Hall–Kier alpha value is -1.72. The van der Waals surface area contributed by atoms with Crippen molar-refractivity contribution in [3.8, 4) is 5.75 Å². The smallest absolute Gasteiger partial charge is 0.184 e. The lowest BCUT2D eigenvalue weighted by molar-refractivity contribution is 0.354. The zero-order valence-electron chi connectivity index (χ0n) is 11.2. The normalized spacial score (nSPS) is 13.8. The van der Waals surface area contributed by atoms with Crippen LogP contribution in [0.5, 0.6) is 5.75 Å². The second-order valence-corrected chi connectivity index (χ2v) is 7.34. The first-order valence-electron chi connectivity index (χ1n) is 6.49. The van der Waals surface area contributed by atoms with Crippen LogP contribution in [0.2, 0.25) is 5.02 Å². The number of anilines is 1. The van der Waals surface area contributed by atoms with E-state index < -0.39 is 9.84 Å². The van der Waals surface area contributed by atoms with Gasteiger partial charge in [0.1, 0.15) is 5.75 Å². The number of halogens is 1. The molecule has 0 atom stereocenters. The van der Waals surface area contributed by atoms with Gasteiger partial charge in [-0.2, -0.15) is 0 Å². The minimum absolute atomic E-state index is 0.136. The molecule has 0 amide bonds. The van der Waals surface area contributed by atoms with E-state index in [1.165, 1.54) is 6.07 Å². The molecule has 0 spiro atoms. The fourth-order valence-electron chi connectivity index (χ4n) is 2.50. The first-order chi connectivity index (χ1) is 9.97. The van der Waals surface area contributed by atoms with Gasteiger partial charge in [-0.1, -0.05) is 23.7 Å². The fourth-order valence-corrected chi connectivity index (χ4v) is 4.26. The van der Waals surface area contributed by atoms with Crippen LogP contribution in [0.1, 0.15) is 11.1 Å². The third-order valence-electron chi connectivity index (χ3n) is 3.42. The van der Waals surface area contributed by atoms with Gasteiger partial charge < -0.3 is 10.5 Å². The van der Waals surface area contributed by atoms with E-state index in [9.17, 15) is 8.42 Å². The first kappa shape index (κ1) is 14.2. The van der Waals surface area contributed by atoms with Crippen LogP contribution in [0.3, 0.4) is 0 Å². The van der Waals surface area contributed by atoms with E-state index in [4.69, 9.17) is 22.1 Å². The number of fused-ring (bicyclic) bond motifs is 1. The monoisotopic (exact) mass is 323 g/mol. The van der Waals surface area contributed by atoms with E-state index in [-0.39, 0.29) is 16.3 Å². The van der Waals surface area contributed by atoms with Crippen molar-refractivity contribution >= 4 is 27.1 Å². The molecule has 2 aromatic rings. The third kappa shape index (κ3) is 2.71. The van der Waals surface area contributed by atoms with Crippen LogP contribution < -0.4 is 10.5 Å². The summed E-state index contributed by atoms with van der Waals surface area (Å²) in [6, 6.07) is 9.90. The maximum Gasteiger partial charge on any atom is 0.184 e. The van der Waals surface area contributed by atoms with Crippen LogP contribution in [0.4, 0.5) is 5.69 Å². The molecular weight excluding hydrogens is 310 g/mol.